The number of thioether (sulfide) groups is 1. The molecule has 0 aliphatic carbocycles. The Balaban J connectivity index is 1.36. The molecule has 1 amide bonds. The van der Waals surface area contributed by atoms with Gasteiger partial charge in [0.1, 0.15) is 4.83 Å². The molecule has 1 aromatic carbocycles. The lowest BCUT2D eigenvalue weighted by Crippen LogP contribution is -2.36. The zero-order valence-corrected chi connectivity index (χ0v) is 18.8. The van der Waals surface area contributed by atoms with Gasteiger partial charge >= 0.3 is 0 Å². The van der Waals surface area contributed by atoms with Gasteiger partial charge in [-0.25, -0.2) is 4.98 Å². The quantitative estimate of drug-likeness (QED) is 0.339. The summed E-state index contributed by atoms with van der Waals surface area (Å²) in [6.07, 6.45) is 0.920. The third-order valence-electron chi connectivity index (χ3n) is 5.28. The summed E-state index contributed by atoms with van der Waals surface area (Å²) in [6, 6.07) is 14.0. The van der Waals surface area contributed by atoms with Gasteiger partial charge in [-0.05, 0) is 35.1 Å². The highest BCUT2D eigenvalue weighted by atomic mass is 32.2. The van der Waals surface area contributed by atoms with E-state index in [1.807, 2.05) is 41.3 Å². The number of amides is 1. The minimum absolute atomic E-state index is 0.0748. The van der Waals surface area contributed by atoms with Crippen molar-refractivity contribution in [3.05, 3.63) is 68.6 Å². The first-order chi connectivity index (χ1) is 14.6. The summed E-state index contributed by atoms with van der Waals surface area (Å²) >= 11 is 4.61. The largest absolute Gasteiger partial charge is 0.337 e. The number of hydrogen-bond acceptors (Lipinski definition) is 6. The highest BCUT2D eigenvalue weighted by molar-refractivity contribution is 7.99. The van der Waals surface area contributed by atoms with Gasteiger partial charge in [0.05, 0.1) is 11.1 Å². The second-order valence-corrected chi connectivity index (χ2v) is 10.2. The van der Waals surface area contributed by atoms with Crippen molar-refractivity contribution in [1.29, 1.82) is 0 Å². The number of nitrogens with zero attached hydrogens (tertiary/aromatic N) is 3. The summed E-state index contributed by atoms with van der Waals surface area (Å²) in [7, 11) is 1.72. The normalized spacial score (nSPS) is 13.6. The van der Waals surface area contributed by atoms with Crippen LogP contribution in [-0.2, 0) is 24.8 Å². The summed E-state index contributed by atoms with van der Waals surface area (Å²) in [4.78, 5) is 35.3. The molecule has 0 unspecified atom stereocenters. The minimum atomic E-state index is -0.0748. The van der Waals surface area contributed by atoms with Crippen LogP contribution in [0.5, 0.6) is 0 Å². The molecule has 0 radical (unpaired) electrons. The van der Waals surface area contributed by atoms with Crippen LogP contribution in [0.4, 0.5) is 0 Å². The molecular formula is C22H19N3O2S3. The third-order valence-corrected chi connectivity index (χ3v) is 8.39. The molecule has 0 saturated heterocycles. The molecule has 5 rings (SSSR count). The van der Waals surface area contributed by atoms with Crippen LogP contribution in [0.15, 0.2) is 57.8 Å². The van der Waals surface area contributed by atoms with Gasteiger partial charge < -0.3 is 4.90 Å². The second-order valence-electron chi connectivity index (χ2n) is 7.18. The van der Waals surface area contributed by atoms with Crippen molar-refractivity contribution in [2.75, 3.05) is 12.3 Å². The molecule has 1 aliphatic heterocycles. The highest BCUT2D eigenvalue weighted by Crippen LogP contribution is 2.32. The number of rotatable bonds is 4. The Kier molecular flexibility index (Phi) is 5.22. The molecule has 4 aromatic rings. The summed E-state index contributed by atoms with van der Waals surface area (Å²) in [5.41, 5.74) is 2.25. The first kappa shape index (κ1) is 19.5. The summed E-state index contributed by atoms with van der Waals surface area (Å²) < 4.78 is 1.55. The van der Waals surface area contributed by atoms with Crippen LogP contribution in [0.25, 0.3) is 20.7 Å². The van der Waals surface area contributed by atoms with Crippen LogP contribution >= 0.6 is 34.4 Å². The van der Waals surface area contributed by atoms with Crippen molar-refractivity contribution in [3.8, 4) is 10.4 Å². The molecule has 5 nitrogen and oxygen atoms in total. The maximum Gasteiger partial charge on any atom is 0.262 e. The molecule has 30 heavy (non-hydrogen) atoms. The van der Waals surface area contributed by atoms with Crippen molar-refractivity contribution in [1.82, 2.24) is 14.5 Å². The lowest BCUT2D eigenvalue weighted by atomic mass is 10.1. The Morgan fingerprint density at radius 3 is 2.90 bits per heavy atom. The SMILES string of the molecule is Cn1c(SCC(=O)N2CCc3sccc3C2)nc2sc(-c3ccccc3)cc2c1=O. The third kappa shape index (κ3) is 3.59. The van der Waals surface area contributed by atoms with Gasteiger partial charge in [0.25, 0.3) is 5.56 Å². The fourth-order valence-electron chi connectivity index (χ4n) is 3.60. The van der Waals surface area contributed by atoms with E-state index < -0.39 is 0 Å². The highest BCUT2D eigenvalue weighted by Gasteiger charge is 2.22. The zero-order chi connectivity index (χ0) is 20.7. The topological polar surface area (TPSA) is 55.2 Å². The Hall–Kier alpha value is -2.42. The van der Waals surface area contributed by atoms with Gasteiger partial charge in [0.15, 0.2) is 5.16 Å². The van der Waals surface area contributed by atoms with Crippen LogP contribution in [0, 0.1) is 0 Å². The van der Waals surface area contributed by atoms with E-state index in [9.17, 15) is 9.59 Å². The van der Waals surface area contributed by atoms with Crippen LogP contribution in [0.1, 0.15) is 10.4 Å². The molecule has 0 N–H and O–H groups in total. The molecule has 0 spiro atoms. The van der Waals surface area contributed by atoms with E-state index in [1.54, 1.807) is 23.0 Å². The number of carbonyl (C=O) groups is 1. The minimum Gasteiger partial charge on any atom is -0.337 e. The van der Waals surface area contributed by atoms with Gasteiger partial charge in [-0.3, -0.25) is 14.2 Å². The van der Waals surface area contributed by atoms with Gasteiger partial charge in [-0.2, -0.15) is 0 Å². The number of hydrogen-bond donors (Lipinski definition) is 0. The van der Waals surface area contributed by atoms with Crippen molar-refractivity contribution in [3.63, 3.8) is 0 Å². The summed E-state index contributed by atoms with van der Waals surface area (Å²) in [5, 5.41) is 3.29. The first-order valence-corrected chi connectivity index (χ1v) is 12.3. The fourth-order valence-corrected chi connectivity index (χ4v) is 6.44. The number of fused-ring (bicyclic) bond motifs is 2. The average molecular weight is 454 g/mol. The van der Waals surface area contributed by atoms with Crippen molar-refractivity contribution < 1.29 is 4.79 Å². The molecule has 0 saturated carbocycles. The molecule has 3 aromatic heterocycles. The molecule has 152 valence electrons. The van der Waals surface area contributed by atoms with E-state index >= 15 is 0 Å². The molecule has 8 heteroatoms. The number of aromatic nitrogens is 2. The summed E-state index contributed by atoms with van der Waals surface area (Å²) in [5.74, 6) is 0.365. The van der Waals surface area contributed by atoms with E-state index in [2.05, 4.69) is 11.4 Å². The molecular weight excluding hydrogens is 434 g/mol. The van der Waals surface area contributed by atoms with Crippen LogP contribution in [0.3, 0.4) is 0 Å². The second kappa shape index (κ2) is 8.02. The van der Waals surface area contributed by atoms with Gasteiger partial charge in [-0.15, -0.1) is 22.7 Å². The number of benzene rings is 1. The maximum absolute atomic E-state index is 12.9. The van der Waals surface area contributed by atoms with Gasteiger partial charge in [-0.1, -0.05) is 42.1 Å². The zero-order valence-electron chi connectivity index (χ0n) is 16.3. The van der Waals surface area contributed by atoms with E-state index in [0.29, 0.717) is 21.9 Å². The lowest BCUT2D eigenvalue weighted by molar-refractivity contribution is -0.129. The molecule has 0 bridgehead atoms. The Bertz CT molecular complexity index is 1290. The van der Waals surface area contributed by atoms with Gasteiger partial charge in [0.2, 0.25) is 5.91 Å². The van der Waals surface area contributed by atoms with Crippen LogP contribution < -0.4 is 5.56 Å². The van der Waals surface area contributed by atoms with E-state index in [-0.39, 0.29) is 17.2 Å². The van der Waals surface area contributed by atoms with Crippen LogP contribution in [0.2, 0.25) is 0 Å². The number of carbonyl (C=O) groups excluding carboxylic acids is 1. The Morgan fingerprint density at radius 2 is 2.07 bits per heavy atom. The van der Waals surface area contributed by atoms with Crippen molar-refractivity contribution in [2.24, 2.45) is 7.05 Å². The van der Waals surface area contributed by atoms with Crippen molar-refractivity contribution in [2.45, 2.75) is 18.1 Å². The van der Waals surface area contributed by atoms with E-state index in [1.165, 1.54) is 33.5 Å². The Morgan fingerprint density at radius 1 is 1.23 bits per heavy atom. The fraction of sp³-hybridized carbons (Fsp3) is 0.227. The van der Waals surface area contributed by atoms with Crippen molar-refractivity contribution >= 4 is 50.6 Å². The Labute approximate surface area is 186 Å². The molecule has 0 fully saturated rings. The monoisotopic (exact) mass is 453 g/mol. The molecule has 0 atom stereocenters. The smallest absolute Gasteiger partial charge is 0.262 e. The standard InChI is InChI=1S/C22H19N3O2S3/c1-24-21(27)16-11-18(14-5-3-2-4-6-14)30-20(16)23-22(24)29-13-19(26)25-9-7-17-15(12-25)8-10-28-17/h2-6,8,10-11H,7,9,12-13H2,1H3. The maximum atomic E-state index is 12.9. The van der Waals surface area contributed by atoms with E-state index in [0.717, 1.165) is 23.4 Å². The lowest BCUT2D eigenvalue weighted by Gasteiger charge is -2.26. The van der Waals surface area contributed by atoms with Crippen LogP contribution in [-0.4, -0.2) is 32.7 Å². The molecule has 1 aliphatic rings. The first-order valence-electron chi connectivity index (χ1n) is 9.62. The predicted octanol–water partition coefficient (Wildman–Crippen LogP) is 4.40. The van der Waals surface area contributed by atoms with E-state index in [4.69, 9.17) is 4.98 Å². The predicted molar refractivity (Wildman–Crippen MR) is 124 cm³/mol. The number of thiophene rings is 2. The van der Waals surface area contributed by atoms with Gasteiger partial charge in [0, 0.05) is 29.9 Å². The molecule has 4 heterocycles. The summed E-state index contributed by atoms with van der Waals surface area (Å²) in [6.45, 7) is 1.43. The average Bonchev–Trinajstić information content (AvgIpc) is 3.42.